The van der Waals surface area contributed by atoms with E-state index in [0.717, 1.165) is 6.42 Å². The molecule has 1 rings (SSSR count). The molecule has 0 bridgehead atoms. The number of hydrogen-bond donors (Lipinski definition) is 1. The Hall–Kier alpha value is -0.820. The first kappa shape index (κ1) is 11.3. The summed E-state index contributed by atoms with van der Waals surface area (Å²) in [5.41, 5.74) is 2.91. The molecule has 0 aliphatic rings. The maximum absolute atomic E-state index is 2.27. The van der Waals surface area contributed by atoms with Gasteiger partial charge in [0.1, 0.15) is 0 Å². The fraction of sp³-hybridized carbons (Fsp3) is 0.538. The van der Waals surface area contributed by atoms with Crippen molar-refractivity contribution in [3.05, 3.63) is 35.4 Å². The van der Waals surface area contributed by atoms with Gasteiger partial charge in [-0.2, -0.15) is 0 Å². The molecule has 1 aromatic carbocycles. The molecule has 0 aromatic heterocycles. The summed E-state index contributed by atoms with van der Waals surface area (Å²) in [5.74, 6) is 0. The van der Waals surface area contributed by atoms with Crippen molar-refractivity contribution in [3.63, 3.8) is 0 Å². The Bertz CT molecular complexity index is 248. The lowest BCUT2D eigenvalue weighted by Crippen LogP contribution is -3.05. The minimum atomic E-state index is 1.14. The molecular formula is C13H22N+. The molecule has 0 unspecified atom stereocenters. The third-order valence-electron chi connectivity index (χ3n) is 2.57. The Kier molecular flexibility index (Phi) is 4.68. The molecule has 0 aliphatic heterocycles. The van der Waals surface area contributed by atoms with Gasteiger partial charge in [0.05, 0.1) is 20.6 Å². The molecular weight excluding hydrogens is 170 g/mol. The second-order valence-corrected chi connectivity index (χ2v) is 4.23. The summed E-state index contributed by atoms with van der Waals surface area (Å²) in [4.78, 5) is 1.54. The molecule has 0 aliphatic carbocycles. The fourth-order valence-electron chi connectivity index (χ4n) is 1.59. The molecule has 14 heavy (non-hydrogen) atoms. The van der Waals surface area contributed by atoms with E-state index in [2.05, 4.69) is 45.3 Å². The molecule has 0 atom stereocenters. The highest BCUT2D eigenvalue weighted by Gasteiger charge is 1.96. The quantitative estimate of drug-likeness (QED) is 0.718. The summed E-state index contributed by atoms with van der Waals surface area (Å²) in [7, 11) is 4.42. The van der Waals surface area contributed by atoms with Gasteiger partial charge >= 0.3 is 0 Å². The second kappa shape index (κ2) is 5.82. The van der Waals surface area contributed by atoms with Crippen LogP contribution in [0.25, 0.3) is 0 Å². The van der Waals surface area contributed by atoms with Gasteiger partial charge in [0.15, 0.2) is 0 Å². The largest absolute Gasteiger partial charge is 0.340 e. The summed E-state index contributed by atoms with van der Waals surface area (Å²) >= 11 is 0. The summed E-state index contributed by atoms with van der Waals surface area (Å²) in [6, 6.07) is 9.03. The average molecular weight is 192 g/mol. The van der Waals surface area contributed by atoms with Gasteiger partial charge in [-0.3, -0.25) is 0 Å². The van der Waals surface area contributed by atoms with E-state index < -0.39 is 0 Å². The van der Waals surface area contributed by atoms with Crippen LogP contribution in [0.4, 0.5) is 0 Å². The monoisotopic (exact) mass is 192 g/mol. The van der Waals surface area contributed by atoms with E-state index in [4.69, 9.17) is 0 Å². The number of rotatable bonds is 5. The molecule has 0 spiro atoms. The highest BCUT2D eigenvalue weighted by atomic mass is 15.0. The standard InChI is InChI=1S/C13H21N/c1-4-12-7-9-13(10-8-12)6-5-11-14(2)3/h7-10H,4-6,11H2,1-3H3/p+1. The Morgan fingerprint density at radius 2 is 1.57 bits per heavy atom. The van der Waals surface area contributed by atoms with Gasteiger partial charge in [-0.05, 0) is 24.0 Å². The summed E-state index contributed by atoms with van der Waals surface area (Å²) in [6.45, 7) is 3.46. The zero-order chi connectivity index (χ0) is 10.4. The van der Waals surface area contributed by atoms with Gasteiger partial charge in [-0.25, -0.2) is 0 Å². The number of benzene rings is 1. The normalized spacial score (nSPS) is 10.9. The van der Waals surface area contributed by atoms with Gasteiger partial charge in [-0.1, -0.05) is 31.2 Å². The average Bonchev–Trinajstić information content (AvgIpc) is 2.18. The first-order chi connectivity index (χ1) is 6.72. The van der Waals surface area contributed by atoms with Crippen molar-refractivity contribution >= 4 is 0 Å². The molecule has 0 saturated heterocycles. The Morgan fingerprint density at radius 3 is 2.07 bits per heavy atom. The molecule has 1 N–H and O–H groups in total. The summed E-state index contributed by atoms with van der Waals surface area (Å²) in [6.07, 6.45) is 3.64. The van der Waals surface area contributed by atoms with Crippen LogP contribution in [-0.2, 0) is 12.8 Å². The van der Waals surface area contributed by atoms with Gasteiger partial charge in [0.2, 0.25) is 0 Å². The molecule has 0 saturated carbocycles. The van der Waals surface area contributed by atoms with Crippen LogP contribution in [0.5, 0.6) is 0 Å². The van der Waals surface area contributed by atoms with Crippen LogP contribution in [0.1, 0.15) is 24.5 Å². The van der Waals surface area contributed by atoms with E-state index in [1.165, 1.54) is 35.4 Å². The van der Waals surface area contributed by atoms with Crippen LogP contribution in [0.3, 0.4) is 0 Å². The fourth-order valence-corrected chi connectivity index (χ4v) is 1.59. The number of nitrogens with one attached hydrogen (secondary N) is 1. The predicted octanol–water partition coefficient (Wildman–Crippen LogP) is 1.33. The zero-order valence-corrected chi connectivity index (χ0v) is 9.64. The molecule has 1 heteroatoms. The Balaban J connectivity index is 2.36. The van der Waals surface area contributed by atoms with Crippen LogP contribution in [0.15, 0.2) is 24.3 Å². The molecule has 1 aromatic rings. The Morgan fingerprint density at radius 1 is 1.00 bits per heavy atom. The van der Waals surface area contributed by atoms with Crippen molar-refractivity contribution in [1.82, 2.24) is 0 Å². The lowest BCUT2D eigenvalue weighted by molar-refractivity contribution is -0.858. The predicted molar refractivity (Wildman–Crippen MR) is 61.8 cm³/mol. The first-order valence-corrected chi connectivity index (χ1v) is 5.59. The van der Waals surface area contributed by atoms with E-state index in [-0.39, 0.29) is 0 Å². The van der Waals surface area contributed by atoms with Crippen LogP contribution in [0.2, 0.25) is 0 Å². The maximum Gasteiger partial charge on any atom is 0.0770 e. The van der Waals surface area contributed by atoms with E-state index in [1.807, 2.05) is 0 Å². The maximum atomic E-state index is 2.27. The number of hydrogen-bond acceptors (Lipinski definition) is 0. The minimum Gasteiger partial charge on any atom is -0.340 e. The highest BCUT2D eigenvalue weighted by molar-refractivity contribution is 5.22. The van der Waals surface area contributed by atoms with Gasteiger partial charge in [0.25, 0.3) is 0 Å². The van der Waals surface area contributed by atoms with Crippen molar-refractivity contribution < 1.29 is 4.90 Å². The van der Waals surface area contributed by atoms with Gasteiger partial charge < -0.3 is 4.90 Å². The first-order valence-electron chi connectivity index (χ1n) is 5.59. The SMILES string of the molecule is CCc1ccc(CCC[NH+](C)C)cc1. The van der Waals surface area contributed by atoms with Crippen molar-refractivity contribution in [2.24, 2.45) is 0 Å². The van der Waals surface area contributed by atoms with Crippen molar-refractivity contribution in [1.29, 1.82) is 0 Å². The molecule has 78 valence electrons. The van der Waals surface area contributed by atoms with Crippen LogP contribution < -0.4 is 4.90 Å². The van der Waals surface area contributed by atoms with E-state index in [9.17, 15) is 0 Å². The number of aryl methyl sites for hydroxylation is 2. The topological polar surface area (TPSA) is 4.44 Å². The zero-order valence-electron chi connectivity index (χ0n) is 9.64. The van der Waals surface area contributed by atoms with Gasteiger partial charge in [-0.15, -0.1) is 0 Å². The van der Waals surface area contributed by atoms with Crippen LogP contribution in [-0.4, -0.2) is 20.6 Å². The van der Waals surface area contributed by atoms with E-state index >= 15 is 0 Å². The Labute approximate surface area is 87.7 Å². The summed E-state index contributed by atoms with van der Waals surface area (Å²) in [5, 5.41) is 0. The van der Waals surface area contributed by atoms with Crippen LogP contribution >= 0.6 is 0 Å². The minimum absolute atomic E-state index is 1.14. The molecule has 0 amide bonds. The van der Waals surface area contributed by atoms with Crippen molar-refractivity contribution in [3.8, 4) is 0 Å². The van der Waals surface area contributed by atoms with Gasteiger partial charge in [0, 0.05) is 6.42 Å². The van der Waals surface area contributed by atoms with Crippen molar-refractivity contribution in [2.75, 3.05) is 20.6 Å². The van der Waals surface area contributed by atoms with Crippen LogP contribution in [0, 0.1) is 0 Å². The second-order valence-electron chi connectivity index (χ2n) is 4.23. The highest BCUT2D eigenvalue weighted by Crippen LogP contribution is 2.06. The number of quaternary nitrogens is 1. The van der Waals surface area contributed by atoms with Crippen molar-refractivity contribution in [2.45, 2.75) is 26.2 Å². The van der Waals surface area contributed by atoms with E-state index in [0.29, 0.717) is 0 Å². The lowest BCUT2D eigenvalue weighted by Gasteiger charge is -2.07. The third kappa shape index (κ3) is 3.93. The molecule has 0 radical (unpaired) electrons. The molecule has 0 fully saturated rings. The van der Waals surface area contributed by atoms with E-state index in [1.54, 1.807) is 0 Å². The summed E-state index contributed by atoms with van der Waals surface area (Å²) < 4.78 is 0. The smallest absolute Gasteiger partial charge is 0.0770 e. The lowest BCUT2D eigenvalue weighted by atomic mass is 10.1. The molecule has 0 heterocycles. The third-order valence-corrected chi connectivity index (χ3v) is 2.57. The molecule has 1 nitrogen and oxygen atoms in total.